The molecular formula is C13H18ClN3. The van der Waals surface area contributed by atoms with E-state index in [-0.39, 0.29) is 0 Å². The Hall–Kier alpha value is -1.11. The van der Waals surface area contributed by atoms with Crippen LogP contribution in [0.4, 0.5) is 0 Å². The monoisotopic (exact) mass is 251 g/mol. The lowest BCUT2D eigenvalue weighted by Gasteiger charge is -2.23. The Balaban J connectivity index is 2.65. The van der Waals surface area contributed by atoms with Crippen molar-refractivity contribution in [2.24, 2.45) is 5.92 Å². The summed E-state index contributed by atoms with van der Waals surface area (Å²) in [4.78, 5) is 6.23. The number of aromatic nitrogens is 1. The van der Waals surface area contributed by atoms with Crippen molar-refractivity contribution >= 4 is 11.6 Å². The van der Waals surface area contributed by atoms with Crippen molar-refractivity contribution in [3.8, 4) is 6.07 Å². The maximum Gasteiger partial charge on any atom is 0.0635 e. The lowest BCUT2D eigenvalue weighted by atomic mass is 10.1. The van der Waals surface area contributed by atoms with E-state index in [9.17, 15) is 0 Å². The van der Waals surface area contributed by atoms with Gasteiger partial charge in [0.05, 0.1) is 11.1 Å². The number of hydrogen-bond donors (Lipinski definition) is 0. The molecule has 1 aromatic heterocycles. The Bertz CT molecular complexity index is 384. The van der Waals surface area contributed by atoms with Crippen LogP contribution in [0.15, 0.2) is 18.5 Å². The topological polar surface area (TPSA) is 39.9 Å². The van der Waals surface area contributed by atoms with E-state index in [0.29, 0.717) is 17.4 Å². The van der Waals surface area contributed by atoms with Crippen LogP contribution in [0.25, 0.3) is 0 Å². The molecule has 0 aliphatic carbocycles. The molecule has 0 amide bonds. The minimum atomic E-state index is 0.551. The van der Waals surface area contributed by atoms with Gasteiger partial charge in [0.25, 0.3) is 0 Å². The second-order valence-electron chi connectivity index (χ2n) is 4.50. The molecule has 0 saturated heterocycles. The Labute approximate surface area is 108 Å². The maximum absolute atomic E-state index is 8.66. The SMILES string of the molecule is CC(C)CN(CCC#N)Cc1ccncc1Cl. The summed E-state index contributed by atoms with van der Waals surface area (Å²) in [5.74, 6) is 0.578. The molecule has 0 unspecified atom stereocenters. The summed E-state index contributed by atoms with van der Waals surface area (Å²) in [6.07, 6.45) is 3.96. The van der Waals surface area contributed by atoms with Crippen molar-refractivity contribution in [1.82, 2.24) is 9.88 Å². The van der Waals surface area contributed by atoms with Crippen LogP contribution in [0.2, 0.25) is 5.02 Å². The fourth-order valence-corrected chi connectivity index (χ4v) is 1.91. The fraction of sp³-hybridized carbons (Fsp3) is 0.538. The Morgan fingerprint density at radius 3 is 2.88 bits per heavy atom. The summed E-state index contributed by atoms with van der Waals surface area (Å²) in [6.45, 7) is 6.88. The van der Waals surface area contributed by atoms with E-state index in [0.717, 1.165) is 25.2 Å². The van der Waals surface area contributed by atoms with Crippen molar-refractivity contribution in [3.05, 3.63) is 29.0 Å². The first-order chi connectivity index (χ1) is 8.13. The molecule has 0 spiro atoms. The van der Waals surface area contributed by atoms with Crippen LogP contribution < -0.4 is 0 Å². The predicted octanol–water partition coefficient (Wildman–Crippen LogP) is 3.11. The Morgan fingerprint density at radius 1 is 1.53 bits per heavy atom. The highest BCUT2D eigenvalue weighted by atomic mass is 35.5. The second kappa shape index (κ2) is 7.26. The third-order valence-corrected chi connectivity index (χ3v) is 2.75. The molecule has 0 bridgehead atoms. The van der Waals surface area contributed by atoms with Gasteiger partial charge in [-0.25, -0.2) is 0 Å². The van der Waals surface area contributed by atoms with Crippen molar-refractivity contribution < 1.29 is 0 Å². The molecule has 0 aromatic carbocycles. The van der Waals surface area contributed by atoms with Crippen LogP contribution in [0, 0.1) is 17.2 Å². The minimum absolute atomic E-state index is 0.551. The molecule has 0 aliphatic rings. The Kier molecular flexibility index (Phi) is 5.96. The fourth-order valence-electron chi connectivity index (χ4n) is 1.73. The van der Waals surface area contributed by atoms with Gasteiger partial charge in [-0.05, 0) is 17.5 Å². The summed E-state index contributed by atoms with van der Waals surface area (Å²) >= 11 is 6.08. The molecule has 0 aliphatic heterocycles. The lowest BCUT2D eigenvalue weighted by molar-refractivity contribution is 0.241. The molecule has 1 heterocycles. The Morgan fingerprint density at radius 2 is 2.29 bits per heavy atom. The van der Waals surface area contributed by atoms with Gasteiger partial charge in [-0.1, -0.05) is 25.4 Å². The molecule has 0 N–H and O–H groups in total. The zero-order valence-corrected chi connectivity index (χ0v) is 11.1. The number of hydrogen-bond acceptors (Lipinski definition) is 3. The van der Waals surface area contributed by atoms with E-state index in [1.807, 2.05) is 6.07 Å². The third kappa shape index (κ3) is 5.16. The quantitative estimate of drug-likeness (QED) is 0.780. The highest BCUT2D eigenvalue weighted by molar-refractivity contribution is 6.31. The molecule has 1 aromatic rings. The summed E-state index contributed by atoms with van der Waals surface area (Å²) in [7, 11) is 0. The summed E-state index contributed by atoms with van der Waals surface area (Å²) < 4.78 is 0. The van der Waals surface area contributed by atoms with E-state index < -0.39 is 0 Å². The normalized spacial score (nSPS) is 10.8. The van der Waals surface area contributed by atoms with Gasteiger partial charge in [-0.15, -0.1) is 0 Å². The largest absolute Gasteiger partial charge is 0.298 e. The summed E-state index contributed by atoms with van der Waals surface area (Å²) in [5.41, 5.74) is 1.07. The number of nitrogens with zero attached hydrogens (tertiary/aromatic N) is 3. The molecule has 17 heavy (non-hydrogen) atoms. The van der Waals surface area contributed by atoms with E-state index in [1.54, 1.807) is 12.4 Å². The van der Waals surface area contributed by atoms with Crippen molar-refractivity contribution in [2.75, 3.05) is 13.1 Å². The van der Waals surface area contributed by atoms with Crippen LogP contribution in [-0.2, 0) is 6.54 Å². The predicted molar refractivity (Wildman–Crippen MR) is 69.6 cm³/mol. The van der Waals surface area contributed by atoms with E-state index in [2.05, 4.69) is 29.8 Å². The zero-order chi connectivity index (χ0) is 12.7. The van der Waals surface area contributed by atoms with Crippen molar-refractivity contribution in [3.63, 3.8) is 0 Å². The van der Waals surface area contributed by atoms with Gasteiger partial charge in [0, 0.05) is 38.4 Å². The molecule has 0 radical (unpaired) electrons. The highest BCUT2D eigenvalue weighted by Gasteiger charge is 2.09. The second-order valence-corrected chi connectivity index (χ2v) is 4.91. The van der Waals surface area contributed by atoms with Crippen LogP contribution in [0.5, 0.6) is 0 Å². The molecule has 3 nitrogen and oxygen atoms in total. The minimum Gasteiger partial charge on any atom is -0.298 e. The van der Waals surface area contributed by atoms with Crippen LogP contribution in [0.3, 0.4) is 0 Å². The standard InChI is InChI=1S/C13H18ClN3/c1-11(2)9-17(7-3-5-15)10-12-4-6-16-8-13(12)14/h4,6,8,11H,3,7,9-10H2,1-2H3. The van der Waals surface area contributed by atoms with Gasteiger partial charge in [0.15, 0.2) is 0 Å². The first kappa shape index (κ1) is 14.0. The van der Waals surface area contributed by atoms with Crippen LogP contribution in [0.1, 0.15) is 25.8 Å². The zero-order valence-electron chi connectivity index (χ0n) is 10.4. The van der Waals surface area contributed by atoms with Crippen molar-refractivity contribution in [2.45, 2.75) is 26.8 Å². The van der Waals surface area contributed by atoms with Gasteiger partial charge >= 0.3 is 0 Å². The lowest BCUT2D eigenvalue weighted by Crippen LogP contribution is -2.28. The molecule has 0 fully saturated rings. The van der Waals surface area contributed by atoms with Gasteiger partial charge in [0.2, 0.25) is 0 Å². The molecule has 0 saturated carbocycles. The van der Waals surface area contributed by atoms with Gasteiger partial charge < -0.3 is 0 Å². The summed E-state index contributed by atoms with van der Waals surface area (Å²) in [5, 5.41) is 9.35. The molecular weight excluding hydrogens is 234 g/mol. The average molecular weight is 252 g/mol. The first-order valence-corrected chi connectivity index (χ1v) is 6.19. The third-order valence-electron chi connectivity index (χ3n) is 2.41. The van der Waals surface area contributed by atoms with Gasteiger partial charge in [-0.3, -0.25) is 9.88 Å². The van der Waals surface area contributed by atoms with Crippen LogP contribution in [-0.4, -0.2) is 23.0 Å². The van der Waals surface area contributed by atoms with Crippen molar-refractivity contribution in [1.29, 1.82) is 5.26 Å². The van der Waals surface area contributed by atoms with Gasteiger partial charge in [-0.2, -0.15) is 5.26 Å². The number of nitriles is 1. The number of rotatable bonds is 6. The summed E-state index contributed by atoms with van der Waals surface area (Å²) in [6, 6.07) is 4.12. The van der Waals surface area contributed by atoms with E-state index in [1.165, 1.54) is 0 Å². The highest BCUT2D eigenvalue weighted by Crippen LogP contribution is 2.16. The smallest absolute Gasteiger partial charge is 0.0635 e. The molecule has 92 valence electrons. The van der Waals surface area contributed by atoms with E-state index in [4.69, 9.17) is 16.9 Å². The van der Waals surface area contributed by atoms with Crippen LogP contribution >= 0.6 is 11.6 Å². The van der Waals surface area contributed by atoms with E-state index >= 15 is 0 Å². The molecule has 0 atom stereocenters. The number of halogens is 1. The number of pyridine rings is 1. The first-order valence-electron chi connectivity index (χ1n) is 5.81. The average Bonchev–Trinajstić information content (AvgIpc) is 2.28. The molecule has 4 heteroatoms. The van der Waals surface area contributed by atoms with Gasteiger partial charge in [0.1, 0.15) is 0 Å². The molecule has 1 rings (SSSR count). The maximum atomic E-state index is 8.66.